The van der Waals surface area contributed by atoms with Crippen LogP contribution in [-0.4, -0.2) is 17.3 Å². The molecule has 5 heteroatoms. The molecular formula is C13H15F3N2. The van der Waals surface area contributed by atoms with Gasteiger partial charge in [0.25, 0.3) is 0 Å². The Balaban J connectivity index is 2.12. The van der Waals surface area contributed by atoms with Crippen LogP contribution >= 0.6 is 0 Å². The number of benzene rings is 1. The van der Waals surface area contributed by atoms with Gasteiger partial charge in [-0.25, -0.2) is 0 Å². The summed E-state index contributed by atoms with van der Waals surface area (Å²) in [6.45, 7) is 1.15. The zero-order valence-corrected chi connectivity index (χ0v) is 9.93. The van der Waals surface area contributed by atoms with Crippen LogP contribution in [0.1, 0.15) is 30.4 Å². The van der Waals surface area contributed by atoms with Crippen molar-refractivity contribution in [2.24, 2.45) is 0 Å². The molecule has 0 spiro atoms. The molecule has 0 unspecified atom stereocenters. The fourth-order valence-corrected chi connectivity index (χ4v) is 2.13. The monoisotopic (exact) mass is 256 g/mol. The van der Waals surface area contributed by atoms with Crippen LogP contribution in [0.3, 0.4) is 0 Å². The van der Waals surface area contributed by atoms with E-state index >= 15 is 0 Å². The molecule has 0 aliphatic carbocycles. The molecule has 1 saturated heterocycles. The summed E-state index contributed by atoms with van der Waals surface area (Å²) in [5.41, 5.74) is -0.0139. The zero-order valence-electron chi connectivity index (χ0n) is 9.93. The van der Waals surface area contributed by atoms with E-state index in [0.29, 0.717) is 17.9 Å². The first-order valence-electron chi connectivity index (χ1n) is 5.95. The van der Waals surface area contributed by atoms with E-state index < -0.39 is 11.7 Å². The highest BCUT2D eigenvalue weighted by atomic mass is 19.4. The standard InChI is InChI=1S/C13H15F3N2/c14-13(15,16)11-5-3-4-10(8-11)9-18-7-2-1-6-12(18)17/h3-5,8,17H,1-2,6-7,9H2. The van der Waals surface area contributed by atoms with Gasteiger partial charge in [0, 0.05) is 19.5 Å². The molecular weight excluding hydrogens is 241 g/mol. The van der Waals surface area contributed by atoms with Crippen molar-refractivity contribution in [3.8, 4) is 0 Å². The highest BCUT2D eigenvalue weighted by molar-refractivity contribution is 5.79. The molecule has 0 aromatic heterocycles. The van der Waals surface area contributed by atoms with Crippen LogP contribution in [0.25, 0.3) is 0 Å². The van der Waals surface area contributed by atoms with Crippen LogP contribution in [0.2, 0.25) is 0 Å². The maximum absolute atomic E-state index is 12.6. The lowest BCUT2D eigenvalue weighted by Gasteiger charge is -2.29. The van der Waals surface area contributed by atoms with E-state index in [9.17, 15) is 13.2 Å². The summed E-state index contributed by atoms with van der Waals surface area (Å²) in [7, 11) is 0. The van der Waals surface area contributed by atoms with E-state index in [4.69, 9.17) is 5.41 Å². The number of rotatable bonds is 2. The van der Waals surface area contributed by atoms with Crippen LogP contribution in [0.5, 0.6) is 0 Å². The molecule has 1 aliphatic rings. The van der Waals surface area contributed by atoms with Gasteiger partial charge in [-0.05, 0) is 30.5 Å². The molecule has 18 heavy (non-hydrogen) atoms. The van der Waals surface area contributed by atoms with Gasteiger partial charge >= 0.3 is 6.18 Å². The number of alkyl halides is 3. The summed E-state index contributed by atoms with van der Waals surface area (Å²) in [4.78, 5) is 1.85. The van der Waals surface area contributed by atoms with Crippen LogP contribution in [0, 0.1) is 5.41 Å². The van der Waals surface area contributed by atoms with Crippen molar-refractivity contribution in [1.82, 2.24) is 4.90 Å². The first kappa shape index (κ1) is 12.9. The van der Waals surface area contributed by atoms with Gasteiger partial charge in [0.05, 0.1) is 11.4 Å². The second-order valence-corrected chi connectivity index (χ2v) is 4.52. The van der Waals surface area contributed by atoms with Gasteiger partial charge in [-0.2, -0.15) is 13.2 Å². The molecule has 0 radical (unpaired) electrons. The third-order valence-corrected chi connectivity index (χ3v) is 3.10. The van der Waals surface area contributed by atoms with Gasteiger partial charge in [0.2, 0.25) is 0 Å². The molecule has 1 aliphatic heterocycles. The summed E-state index contributed by atoms with van der Waals surface area (Å²) in [5, 5.41) is 7.78. The van der Waals surface area contributed by atoms with Crippen molar-refractivity contribution >= 4 is 5.84 Å². The lowest BCUT2D eigenvalue weighted by atomic mass is 10.1. The minimum Gasteiger partial charge on any atom is -0.356 e. The van der Waals surface area contributed by atoms with Gasteiger partial charge in [-0.15, -0.1) is 0 Å². The highest BCUT2D eigenvalue weighted by Crippen LogP contribution is 2.30. The van der Waals surface area contributed by atoms with Crippen molar-refractivity contribution in [3.05, 3.63) is 35.4 Å². The van der Waals surface area contributed by atoms with Gasteiger partial charge in [-0.3, -0.25) is 5.41 Å². The maximum Gasteiger partial charge on any atom is 0.416 e. The molecule has 1 aromatic carbocycles. The number of hydrogen-bond acceptors (Lipinski definition) is 1. The summed E-state index contributed by atoms with van der Waals surface area (Å²) in [6, 6.07) is 5.34. The number of halogens is 3. The minimum absolute atomic E-state index is 0.392. The minimum atomic E-state index is -4.30. The Morgan fingerprint density at radius 1 is 1.22 bits per heavy atom. The third kappa shape index (κ3) is 3.03. The van der Waals surface area contributed by atoms with Gasteiger partial charge in [0.15, 0.2) is 0 Å². The lowest BCUT2D eigenvalue weighted by Crippen LogP contribution is -2.34. The van der Waals surface area contributed by atoms with E-state index in [1.165, 1.54) is 12.1 Å². The average molecular weight is 256 g/mol. The molecule has 2 nitrogen and oxygen atoms in total. The zero-order chi connectivity index (χ0) is 13.2. The maximum atomic E-state index is 12.6. The van der Waals surface area contributed by atoms with Crippen molar-refractivity contribution in [1.29, 1.82) is 5.41 Å². The Hall–Kier alpha value is -1.52. The number of amidine groups is 1. The Bertz CT molecular complexity index is 440. The first-order valence-corrected chi connectivity index (χ1v) is 5.95. The first-order chi connectivity index (χ1) is 8.47. The molecule has 1 fully saturated rings. The predicted molar refractivity (Wildman–Crippen MR) is 63.4 cm³/mol. The van der Waals surface area contributed by atoms with Crippen LogP contribution < -0.4 is 0 Å². The molecule has 1 heterocycles. The molecule has 1 N–H and O–H groups in total. The Morgan fingerprint density at radius 2 is 2.00 bits per heavy atom. The second-order valence-electron chi connectivity index (χ2n) is 4.52. The normalized spacial score (nSPS) is 17.1. The SMILES string of the molecule is N=C1CCCCN1Cc1cccc(C(F)(F)F)c1. The fourth-order valence-electron chi connectivity index (χ4n) is 2.13. The van der Waals surface area contributed by atoms with E-state index in [0.717, 1.165) is 31.9 Å². The molecule has 0 atom stereocenters. The van der Waals surface area contributed by atoms with E-state index in [-0.39, 0.29) is 0 Å². The van der Waals surface area contributed by atoms with E-state index in [2.05, 4.69) is 0 Å². The Labute approximate surface area is 104 Å². The van der Waals surface area contributed by atoms with Gasteiger partial charge in [-0.1, -0.05) is 12.1 Å². The number of nitrogens with zero attached hydrogens (tertiary/aromatic N) is 1. The molecule has 0 amide bonds. The second kappa shape index (κ2) is 5.00. The molecule has 2 rings (SSSR count). The van der Waals surface area contributed by atoms with Gasteiger partial charge in [0.1, 0.15) is 0 Å². The number of piperidine rings is 1. The van der Waals surface area contributed by atoms with Crippen molar-refractivity contribution in [2.45, 2.75) is 32.0 Å². The smallest absolute Gasteiger partial charge is 0.356 e. The fraction of sp³-hybridized carbons (Fsp3) is 0.462. The number of hydrogen-bond donors (Lipinski definition) is 1. The number of likely N-dealkylation sites (tertiary alicyclic amines) is 1. The van der Waals surface area contributed by atoms with Crippen molar-refractivity contribution < 1.29 is 13.2 Å². The Kier molecular flexibility index (Phi) is 3.59. The molecule has 0 bridgehead atoms. The van der Waals surface area contributed by atoms with E-state index in [1.54, 1.807) is 6.07 Å². The molecule has 1 aromatic rings. The molecule has 98 valence electrons. The van der Waals surface area contributed by atoms with E-state index in [1.807, 2.05) is 4.90 Å². The predicted octanol–water partition coefficient (Wildman–Crippen LogP) is 3.67. The van der Waals surface area contributed by atoms with Gasteiger partial charge < -0.3 is 4.90 Å². The summed E-state index contributed by atoms with van der Waals surface area (Å²) in [5.74, 6) is 0.527. The molecule has 0 saturated carbocycles. The number of nitrogens with one attached hydrogen (secondary N) is 1. The van der Waals surface area contributed by atoms with Crippen LogP contribution in [0.4, 0.5) is 13.2 Å². The Morgan fingerprint density at radius 3 is 2.67 bits per heavy atom. The lowest BCUT2D eigenvalue weighted by molar-refractivity contribution is -0.137. The third-order valence-electron chi connectivity index (χ3n) is 3.10. The van der Waals surface area contributed by atoms with Crippen molar-refractivity contribution in [2.75, 3.05) is 6.54 Å². The van der Waals surface area contributed by atoms with Crippen LogP contribution in [-0.2, 0) is 12.7 Å². The summed E-state index contributed by atoms with van der Waals surface area (Å²) < 4.78 is 37.7. The summed E-state index contributed by atoms with van der Waals surface area (Å²) >= 11 is 0. The highest BCUT2D eigenvalue weighted by Gasteiger charge is 2.30. The van der Waals surface area contributed by atoms with Crippen LogP contribution in [0.15, 0.2) is 24.3 Å². The average Bonchev–Trinajstić information content (AvgIpc) is 2.31. The summed E-state index contributed by atoms with van der Waals surface area (Å²) in [6.07, 6.45) is -1.58. The quantitative estimate of drug-likeness (QED) is 0.858. The topological polar surface area (TPSA) is 27.1 Å². The van der Waals surface area contributed by atoms with Crippen molar-refractivity contribution in [3.63, 3.8) is 0 Å². The largest absolute Gasteiger partial charge is 0.416 e.